The minimum Gasteiger partial charge on any atom is -0.339 e. The second-order valence-corrected chi connectivity index (χ2v) is 7.64. The van der Waals surface area contributed by atoms with Crippen LogP contribution in [0.2, 0.25) is 0 Å². The van der Waals surface area contributed by atoms with Gasteiger partial charge in [-0.2, -0.15) is 5.10 Å². The Balaban J connectivity index is 1.89. The highest BCUT2D eigenvalue weighted by molar-refractivity contribution is 7.89. The number of anilines is 2. The summed E-state index contributed by atoms with van der Waals surface area (Å²) >= 11 is 0. The molecule has 4 rings (SSSR count). The van der Waals surface area contributed by atoms with Crippen LogP contribution in [0.3, 0.4) is 0 Å². The molecule has 28 heavy (non-hydrogen) atoms. The first kappa shape index (κ1) is 17.8. The zero-order valence-corrected chi connectivity index (χ0v) is 15.4. The molecule has 0 saturated carbocycles. The molecule has 0 aliphatic carbocycles. The maximum Gasteiger partial charge on any atom is 0.262 e. The van der Waals surface area contributed by atoms with Crippen molar-refractivity contribution in [2.75, 3.05) is 5.32 Å². The Bertz CT molecular complexity index is 1360. The Morgan fingerprint density at radius 1 is 1.25 bits per heavy atom. The molecule has 0 atom stereocenters. The van der Waals surface area contributed by atoms with Gasteiger partial charge in [0.25, 0.3) is 5.56 Å². The predicted octanol–water partition coefficient (Wildman–Crippen LogP) is 1.11. The molecule has 4 aromatic rings. The Morgan fingerprint density at radius 2 is 2.07 bits per heavy atom. The number of sulfonamides is 1. The summed E-state index contributed by atoms with van der Waals surface area (Å²) in [5, 5.41) is 12.6. The third-order valence-electron chi connectivity index (χ3n) is 4.05. The monoisotopic (exact) mass is 397 g/mol. The van der Waals surface area contributed by atoms with Crippen LogP contribution in [0.4, 0.5) is 11.5 Å². The van der Waals surface area contributed by atoms with E-state index in [1.165, 1.54) is 24.5 Å². The van der Waals surface area contributed by atoms with E-state index in [9.17, 15) is 13.2 Å². The number of benzene rings is 1. The van der Waals surface area contributed by atoms with Crippen molar-refractivity contribution in [2.24, 2.45) is 12.2 Å². The number of nitrogens with two attached hydrogens (primary N) is 1. The van der Waals surface area contributed by atoms with Crippen molar-refractivity contribution in [3.05, 3.63) is 59.4 Å². The number of pyridine rings is 1. The summed E-state index contributed by atoms with van der Waals surface area (Å²) in [5.74, 6) is 0.234. The number of nitrogens with zero attached hydrogens (tertiary/aromatic N) is 4. The second-order valence-electron chi connectivity index (χ2n) is 6.08. The van der Waals surface area contributed by atoms with E-state index in [2.05, 4.69) is 25.4 Å². The Morgan fingerprint density at radius 3 is 2.79 bits per heavy atom. The van der Waals surface area contributed by atoms with E-state index >= 15 is 0 Å². The highest BCUT2D eigenvalue weighted by Crippen LogP contribution is 2.27. The Hall–Kier alpha value is -3.57. The van der Waals surface area contributed by atoms with Crippen LogP contribution < -0.4 is 16.0 Å². The summed E-state index contributed by atoms with van der Waals surface area (Å²) in [7, 11) is -2.09. The van der Waals surface area contributed by atoms with Crippen LogP contribution in [0.5, 0.6) is 0 Å². The number of hydrogen-bond acceptors (Lipinski definition) is 7. The summed E-state index contributed by atoms with van der Waals surface area (Å²) in [4.78, 5) is 23.6. The van der Waals surface area contributed by atoms with Gasteiger partial charge in [0.2, 0.25) is 10.0 Å². The van der Waals surface area contributed by atoms with Gasteiger partial charge < -0.3 is 10.3 Å². The van der Waals surface area contributed by atoms with Crippen LogP contribution >= 0.6 is 0 Å². The van der Waals surface area contributed by atoms with Crippen LogP contribution in [0, 0.1) is 0 Å². The fraction of sp³-hybridized carbons (Fsp3) is 0.0588. The van der Waals surface area contributed by atoms with E-state index in [1.54, 1.807) is 36.3 Å². The lowest BCUT2D eigenvalue weighted by atomic mass is 10.2. The first-order chi connectivity index (χ1) is 13.3. The molecule has 3 aromatic heterocycles. The van der Waals surface area contributed by atoms with Crippen LogP contribution in [-0.2, 0) is 17.1 Å². The van der Waals surface area contributed by atoms with Crippen LogP contribution in [-0.4, -0.2) is 33.2 Å². The molecule has 0 radical (unpaired) electrons. The SMILES string of the molecule is Cn1cc(-c2cc3nc[nH]c(=O)c3c(Nc3cccc(S(N)(=O)=O)c3)n2)cn1. The molecule has 3 heterocycles. The van der Waals surface area contributed by atoms with Crippen molar-refractivity contribution >= 4 is 32.4 Å². The summed E-state index contributed by atoms with van der Waals surface area (Å²) in [6, 6.07) is 7.62. The predicted molar refractivity (Wildman–Crippen MR) is 103 cm³/mol. The smallest absolute Gasteiger partial charge is 0.262 e. The molecular weight excluding hydrogens is 382 g/mol. The third-order valence-corrected chi connectivity index (χ3v) is 4.96. The van der Waals surface area contributed by atoms with Crippen molar-refractivity contribution in [3.8, 4) is 11.3 Å². The molecule has 142 valence electrons. The van der Waals surface area contributed by atoms with Gasteiger partial charge >= 0.3 is 0 Å². The lowest BCUT2D eigenvalue weighted by molar-refractivity contribution is 0.598. The molecule has 10 nitrogen and oxygen atoms in total. The summed E-state index contributed by atoms with van der Waals surface area (Å²) in [6.45, 7) is 0. The standard InChI is InChI=1S/C17H15N7O3S/c1-24-8-10(7-21-24)13-6-14-15(17(25)20-9-19-14)16(23-13)22-11-3-2-4-12(5-11)28(18,26)27/h2-9H,1H3,(H,22,23)(H2,18,26,27)(H,19,20,25). The molecular formula is C17H15N7O3S. The van der Waals surface area contributed by atoms with Crippen LogP contribution in [0.15, 0.2) is 58.7 Å². The quantitative estimate of drug-likeness (QED) is 0.467. The molecule has 11 heteroatoms. The van der Waals surface area contributed by atoms with Crippen molar-refractivity contribution in [2.45, 2.75) is 4.90 Å². The van der Waals surface area contributed by atoms with E-state index in [-0.39, 0.29) is 21.7 Å². The lowest BCUT2D eigenvalue weighted by Gasteiger charge is -2.11. The fourth-order valence-electron chi connectivity index (χ4n) is 2.77. The molecule has 0 fully saturated rings. The second kappa shape index (κ2) is 6.55. The van der Waals surface area contributed by atoms with Crippen molar-refractivity contribution in [1.82, 2.24) is 24.7 Å². The van der Waals surface area contributed by atoms with Gasteiger partial charge in [-0.25, -0.2) is 23.5 Å². The molecule has 0 aliphatic rings. The minimum absolute atomic E-state index is 0.0581. The number of aromatic nitrogens is 5. The number of hydrogen-bond donors (Lipinski definition) is 3. The molecule has 0 bridgehead atoms. The number of aryl methyl sites for hydroxylation is 1. The summed E-state index contributed by atoms with van der Waals surface area (Å²) in [5.41, 5.74) is 1.77. The van der Waals surface area contributed by atoms with E-state index in [1.807, 2.05) is 0 Å². The van der Waals surface area contributed by atoms with Gasteiger partial charge in [0.1, 0.15) is 11.2 Å². The first-order valence-corrected chi connectivity index (χ1v) is 9.63. The topological polar surface area (TPSA) is 149 Å². The maximum absolute atomic E-state index is 12.4. The lowest BCUT2D eigenvalue weighted by Crippen LogP contribution is -2.13. The zero-order chi connectivity index (χ0) is 19.9. The molecule has 4 N–H and O–H groups in total. The Labute approximate surface area is 159 Å². The highest BCUT2D eigenvalue weighted by Gasteiger charge is 2.14. The first-order valence-electron chi connectivity index (χ1n) is 8.08. The molecule has 1 aromatic carbocycles. The van der Waals surface area contributed by atoms with E-state index in [0.717, 1.165) is 5.56 Å². The van der Waals surface area contributed by atoms with Crippen molar-refractivity contribution in [3.63, 3.8) is 0 Å². The van der Waals surface area contributed by atoms with Gasteiger partial charge in [-0.15, -0.1) is 0 Å². The zero-order valence-electron chi connectivity index (χ0n) is 14.6. The number of aromatic amines is 1. The molecule has 0 spiro atoms. The maximum atomic E-state index is 12.4. The van der Waals surface area contributed by atoms with Crippen LogP contribution in [0.1, 0.15) is 0 Å². The minimum atomic E-state index is -3.87. The average Bonchev–Trinajstić information content (AvgIpc) is 3.07. The Kier molecular flexibility index (Phi) is 4.17. The van der Waals surface area contributed by atoms with Crippen molar-refractivity contribution < 1.29 is 8.42 Å². The average molecular weight is 397 g/mol. The van der Waals surface area contributed by atoms with Crippen LogP contribution in [0.25, 0.3) is 22.2 Å². The normalized spacial score (nSPS) is 11.6. The third kappa shape index (κ3) is 3.35. The number of fused-ring (bicyclic) bond motifs is 1. The molecule has 0 unspecified atom stereocenters. The summed E-state index contributed by atoms with van der Waals surface area (Å²) < 4.78 is 24.8. The van der Waals surface area contributed by atoms with E-state index < -0.39 is 10.0 Å². The number of primary sulfonamides is 1. The molecule has 0 amide bonds. The van der Waals surface area contributed by atoms with Gasteiger partial charge in [0.15, 0.2) is 0 Å². The highest BCUT2D eigenvalue weighted by atomic mass is 32.2. The van der Waals surface area contributed by atoms with E-state index in [0.29, 0.717) is 16.9 Å². The number of H-pyrrole nitrogens is 1. The fourth-order valence-corrected chi connectivity index (χ4v) is 3.33. The van der Waals surface area contributed by atoms with Crippen molar-refractivity contribution in [1.29, 1.82) is 0 Å². The molecule has 0 saturated heterocycles. The van der Waals surface area contributed by atoms with Gasteiger partial charge in [0.05, 0.1) is 28.6 Å². The van der Waals surface area contributed by atoms with Gasteiger partial charge in [0, 0.05) is 24.5 Å². The van der Waals surface area contributed by atoms with E-state index in [4.69, 9.17) is 5.14 Å². The van der Waals surface area contributed by atoms with Gasteiger partial charge in [-0.3, -0.25) is 9.48 Å². The number of nitrogens with one attached hydrogen (secondary N) is 2. The molecule has 0 aliphatic heterocycles. The number of rotatable bonds is 4. The summed E-state index contributed by atoms with van der Waals surface area (Å²) in [6.07, 6.45) is 4.74. The van der Waals surface area contributed by atoms with Gasteiger partial charge in [-0.1, -0.05) is 6.07 Å². The largest absolute Gasteiger partial charge is 0.339 e. The van der Waals surface area contributed by atoms with Gasteiger partial charge in [-0.05, 0) is 24.3 Å².